The Kier molecular flexibility index (Phi) is 5.60. The molecule has 0 aliphatic carbocycles. The van der Waals surface area contributed by atoms with Crippen LogP contribution in [0.25, 0.3) is 0 Å². The molecule has 1 saturated heterocycles. The van der Waals surface area contributed by atoms with Gasteiger partial charge in [-0.15, -0.1) is 0 Å². The van der Waals surface area contributed by atoms with E-state index in [1.54, 1.807) is 0 Å². The Morgan fingerprint density at radius 3 is 2.64 bits per heavy atom. The van der Waals surface area contributed by atoms with Crippen LogP contribution in [-0.4, -0.2) is 37.0 Å². The fourth-order valence-corrected chi connectivity index (χ4v) is 3.99. The van der Waals surface area contributed by atoms with Gasteiger partial charge in [-0.2, -0.15) is 5.26 Å². The van der Waals surface area contributed by atoms with Crippen molar-refractivity contribution in [2.45, 2.75) is 45.6 Å². The molecule has 134 valence electrons. The minimum Gasteiger partial charge on any atom is -0.490 e. The standard InChI is InChI=1S/C20H26N2O3/c1-3-24-19-10-14-7-9-22-13-15(6-5-8-21)18(23)12-17(22)16(14)11-20(19)25-4-2/h10-11,15,17H,3-7,9,12-13H2,1-2H3. The first kappa shape index (κ1) is 17.8. The van der Waals surface area contributed by atoms with Gasteiger partial charge in [0.15, 0.2) is 11.5 Å². The third-order valence-corrected chi connectivity index (χ3v) is 5.18. The van der Waals surface area contributed by atoms with Gasteiger partial charge in [0, 0.05) is 37.9 Å². The van der Waals surface area contributed by atoms with Crippen LogP contribution in [0.4, 0.5) is 0 Å². The molecule has 0 amide bonds. The predicted octanol–water partition coefficient (Wildman–Crippen LogP) is 3.28. The zero-order valence-corrected chi connectivity index (χ0v) is 15.1. The minimum absolute atomic E-state index is 0.00603. The van der Waals surface area contributed by atoms with Crippen LogP contribution in [0, 0.1) is 17.2 Å². The summed E-state index contributed by atoms with van der Waals surface area (Å²) in [5.41, 5.74) is 2.46. The van der Waals surface area contributed by atoms with Crippen molar-refractivity contribution in [3.8, 4) is 17.6 Å². The number of rotatable bonds is 6. The summed E-state index contributed by atoms with van der Waals surface area (Å²) in [4.78, 5) is 15.0. The smallest absolute Gasteiger partial charge is 0.161 e. The van der Waals surface area contributed by atoms with E-state index in [2.05, 4.69) is 23.1 Å². The second-order valence-corrected chi connectivity index (χ2v) is 6.69. The van der Waals surface area contributed by atoms with Crippen LogP contribution in [0.3, 0.4) is 0 Å². The molecule has 0 saturated carbocycles. The second-order valence-electron chi connectivity index (χ2n) is 6.69. The first-order valence-corrected chi connectivity index (χ1v) is 9.24. The van der Waals surface area contributed by atoms with Gasteiger partial charge in [-0.25, -0.2) is 0 Å². The zero-order valence-electron chi connectivity index (χ0n) is 15.1. The molecule has 2 unspecified atom stereocenters. The normalized spacial score (nSPS) is 22.7. The number of hydrogen-bond donors (Lipinski definition) is 0. The molecule has 0 bridgehead atoms. The lowest BCUT2D eigenvalue weighted by Crippen LogP contribution is -2.46. The van der Waals surface area contributed by atoms with Gasteiger partial charge in [0.1, 0.15) is 5.78 Å². The molecular formula is C20H26N2O3. The Labute approximate surface area is 149 Å². The SMILES string of the molecule is CCOc1cc2c(cc1OCC)C1CC(=O)C(CCC#N)CN1CC2. The molecule has 0 spiro atoms. The van der Waals surface area contributed by atoms with Gasteiger partial charge >= 0.3 is 0 Å². The van der Waals surface area contributed by atoms with Crippen LogP contribution in [-0.2, 0) is 11.2 Å². The van der Waals surface area contributed by atoms with Crippen LogP contribution < -0.4 is 9.47 Å². The molecule has 1 fully saturated rings. The Bertz CT molecular complexity index is 680. The number of carbonyl (C=O) groups is 1. The molecule has 25 heavy (non-hydrogen) atoms. The van der Waals surface area contributed by atoms with Crippen LogP contribution in [0.2, 0.25) is 0 Å². The van der Waals surface area contributed by atoms with Gasteiger partial charge in [-0.3, -0.25) is 9.69 Å². The Morgan fingerprint density at radius 2 is 1.96 bits per heavy atom. The van der Waals surface area contributed by atoms with E-state index < -0.39 is 0 Å². The summed E-state index contributed by atoms with van der Waals surface area (Å²) in [6.45, 7) is 6.84. The van der Waals surface area contributed by atoms with Crippen LogP contribution in [0.5, 0.6) is 11.5 Å². The summed E-state index contributed by atoms with van der Waals surface area (Å²) >= 11 is 0. The van der Waals surface area contributed by atoms with Crippen LogP contribution in [0.1, 0.15) is 50.3 Å². The van der Waals surface area contributed by atoms with Crippen molar-refractivity contribution >= 4 is 5.78 Å². The third-order valence-electron chi connectivity index (χ3n) is 5.18. The topological polar surface area (TPSA) is 62.6 Å². The molecular weight excluding hydrogens is 316 g/mol. The van der Waals surface area contributed by atoms with Crippen LogP contribution >= 0.6 is 0 Å². The van der Waals surface area contributed by atoms with Crippen molar-refractivity contribution in [2.24, 2.45) is 5.92 Å². The molecule has 1 aromatic carbocycles. The lowest BCUT2D eigenvalue weighted by molar-refractivity contribution is -0.129. The number of hydrogen-bond acceptors (Lipinski definition) is 5. The molecule has 0 radical (unpaired) electrons. The lowest BCUT2D eigenvalue weighted by atomic mass is 9.81. The highest BCUT2D eigenvalue weighted by Gasteiger charge is 2.38. The van der Waals surface area contributed by atoms with E-state index in [1.165, 1.54) is 11.1 Å². The Hall–Kier alpha value is -2.06. The fraction of sp³-hybridized carbons (Fsp3) is 0.600. The quantitative estimate of drug-likeness (QED) is 0.794. The summed E-state index contributed by atoms with van der Waals surface area (Å²) in [6.07, 6.45) is 2.62. The number of ketones is 1. The first-order chi connectivity index (χ1) is 12.2. The monoisotopic (exact) mass is 342 g/mol. The van der Waals surface area contributed by atoms with E-state index in [4.69, 9.17) is 14.7 Å². The summed E-state index contributed by atoms with van der Waals surface area (Å²) < 4.78 is 11.5. The highest BCUT2D eigenvalue weighted by atomic mass is 16.5. The summed E-state index contributed by atoms with van der Waals surface area (Å²) in [7, 11) is 0. The minimum atomic E-state index is 0.00603. The van der Waals surface area contributed by atoms with E-state index in [9.17, 15) is 4.79 Å². The Balaban J connectivity index is 1.87. The lowest BCUT2D eigenvalue weighted by Gasteiger charge is -2.43. The van der Waals surface area contributed by atoms with Crippen molar-refractivity contribution in [2.75, 3.05) is 26.3 Å². The van der Waals surface area contributed by atoms with Crippen molar-refractivity contribution in [3.63, 3.8) is 0 Å². The zero-order chi connectivity index (χ0) is 17.8. The number of ether oxygens (including phenoxy) is 2. The predicted molar refractivity (Wildman–Crippen MR) is 94.8 cm³/mol. The van der Waals surface area contributed by atoms with E-state index in [1.807, 2.05) is 13.8 Å². The van der Waals surface area contributed by atoms with Gasteiger partial charge in [-0.1, -0.05) is 0 Å². The molecule has 0 N–H and O–H groups in total. The van der Waals surface area contributed by atoms with Crippen LogP contribution in [0.15, 0.2) is 12.1 Å². The van der Waals surface area contributed by atoms with E-state index in [-0.39, 0.29) is 17.7 Å². The summed E-state index contributed by atoms with van der Waals surface area (Å²) in [5.74, 6) is 1.86. The summed E-state index contributed by atoms with van der Waals surface area (Å²) in [5, 5.41) is 8.80. The van der Waals surface area contributed by atoms with E-state index in [0.29, 0.717) is 32.5 Å². The second kappa shape index (κ2) is 7.88. The van der Waals surface area contributed by atoms with Crippen molar-refractivity contribution < 1.29 is 14.3 Å². The number of benzene rings is 1. The molecule has 2 aliphatic rings. The highest BCUT2D eigenvalue weighted by Crippen LogP contribution is 2.42. The van der Waals surface area contributed by atoms with Crippen molar-refractivity contribution in [3.05, 3.63) is 23.3 Å². The Morgan fingerprint density at radius 1 is 1.24 bits per heavy atom. The number of Topliss-reactive ketones (excluding diaryl/α,β-unsaturated/α-hetero) is 1. The van der Waals surface area contributed by atoms with Gasteiger partial charge in [0.2, 0.25) is 0 Å². The van der Waals surface area contributed by atoms with Crippen molar-refractivity contribution in [1.29, 1.82) is 5.26 Å². The van der Waals surface area contributed by atoms with Gasteiger partial charge in [0.25, 0.3) is 0 Å². The van der Waals surface area contributed by atoms with E-state index in [0.717, 1.165) is 31.0 Å². The van der Waals surface area contributed by atoms with Gasteiger partial charge in [0.05, 0.1) is 19.3 Å². The number of carbonyl (C=O) groups excluding carboxylic acids is 1. The average molecular weight is 342 g/mol. The highest BCUT2D eigenvalue weighted by molar-refractivity contribution is 5.83. The maximum absolute atomic E-state index is 12.6. The molecule has 2 heterocycles. The molecule has 3 rings (SSSR count). The molecule has 5 nitrogen and oxygen atoms in total. The molecule has 2 aliphatic heterocycles. The van der Waals surface area contributed by atoms with E-state index >= 15 is 0 Å². The molecule has 5 heteroatoms. The fourth-order valence-electron chi connectivity index (χ4n) is 3.99. The largest absolute Gasteiger partial charge is 0.490 e. The van der Waals surface area contributed by atoms with Crippen molar-refractivity contribution in [1.82, 2.24) is 4.90 Å². The summed E-state index contributed by atoms with van der Waals surface area (Å²) in [6, 6.07) is 6.45. The maximum Gasteiger partial charge on any atom is 0.161 e. The third kappa shape index (κ3) is 3.64. The number of piperidine rings is 1. The maximum atomic E-state index is 12.6. The molecule has 2 atom stereocenters. The molecule has 0 aromatic heterocycles. The van der Waals surface area contributed by atoms with Gasteiger partial charge < -0.3 is 9.47 Å². The number of fused-ring (bicyclic) bond motifs is 3. The first-order valence-electron chi connectivity index (χ1n) is 9.24. The van der Waals surface area contributed by atoms with Gasteiger partial charge in [-0.05, 0) is 49.9 Å². The number of nitriles is 1. The number of nitrogens with zero attached hydrogens (tertiary/aromatic N) is 2. The molecule has 1 aromatic rings. The average Bonchev–Trinajstić information content (AvgIpc) is 2.61.